The van der Waals surface area contributed by atoms with Gasteiger partial charge in [-0.1, -0.05) is 25.1 Å². The number of hydrogen-bond donors (Lipinski definition) is 1. The highest BCUT2D eigenvalue weighted by Crippen LogP contribution is 2.33. The molecule has 0 bridgehead atoms. The minimum Gasteiger partial charge on any atom is -0.497 e. The Labute approximate surface area is 213 Å². The third kappa shape index (κ3) is 5.64. The van der Waals surface area contributed by atoms with Crippen LogP contribution in [0.1, 0.15) is 30.6 Å². The van der Waals surface area contributed by atoms with Crippen molar-refractivity contribution in [1.82, 2.24) is 0 Å². The number of hydrogen-bond acceptors (Lipinski definition) is 7. The lowest BCUT2D eigenvalue weighted by atomic mass is 10.1. The van der Waals surface area contributed by atoms with Gasteiger partial charge in [0, 0.05) is 11.3 Å². The smallest absolute Gasteiger partial charge is 0.338 e. The zero-order chi connectivity index (χ0) is 26.4. The van der Waals surface area contributed by atoms with Gasteiger partial charge in [-0.25, -0.2) is 4.79 Å². The molecule has 0 radical (unpaired) electrons. The van der Waals surface area contributed by atoms with E-state index >= 15 is 0 Å². The van der Waals surface area contributed by atoms with Crippen LogP contribution in [0.5, 0.6) is 11.5 Å². The lowest BCUT2D eigenvalue weighted by molar-refractivity contribution is -0.122. The molecule has 4 aromatic rings. The predicted molar refractivity (Wildman–Crippen MR) is 140 cm³/mol. The summed E-state index contributed by atoms with van der Waals surface area (Å²) in [6.45, 7) is 3.73. The molecule has 8 heteroatoms. The number of amides is 1. The summed E-state index contributed by atoms with van der Waals surface area (Å²) in [7, 11) is 1.56. The highest BCUT2D eigenvalue weighted by molar-refractivity contribution is 5.97. The van der Waals surface area contributed by atoms with Crippen LogP contribution in [0.2, 0.25) is 0 Å². The molecule has 1 aromatic heterocycles. The maximum absolute atomic E-state index is 13.5. The van der Waals surface area contributed by atoms with Crippen molar-refractivity contribution in [2.45, 2.75) is 26.4 Å². The average molecular weight is 502 g/mol. The molecule has 1 N–H and O–H groups in total. The van der Waals surface area contributed by atoms with Crippen molar-refractivity contribution >= 4 is 28.5 Å². The summed E-state index contributed by atoms with van der Waals surface area (Å²) in [5.41, 5.74) is 1.32. The predicted octanol–water partition coefficient (Wildman–Crippen LogP) is 5.44. The van der Waals surface area contributed by atoms with Crippen molar-refractivity contribution < 1.29 is 28.2 Å². The lowest BCUT2D eigenvalue weighted by Gasteiger charge is -2.19. The van der Waals surface area contributed by atoms with Crippen LogP contribution in [0.3, 0.4) is 0 Å². The lowest BCUT2D eigenvalue weighted by Crippen LogP contribution is -2.34. The fourth-order valence-corrected chi connectivity index (χ4v) is 3.79. The van der Waals surface area contributed by atoms with E-state index in [9.17, 15) is 14.4 Å². The number of benzene rings is 3. The van der Waals surface area contributed by atoms with Crippen molar-refractivity contribution in [2.75, 3.05) is 19.0 Å². The van der Waals surface area contributed by atoms with Crippen molar-refractivity contribution in [1.29, 1.82) is 0 Å². The van der Waals surface area contributed by atoms with Crippen LogP contribution in [0.25, 0.3) is 22.3 Å². The van der Waals surface area contributed by atoms with E-state index < -0.39 is 18.0 Å². The largest absolute Gasteiger partial charge is 0.497 e. The van der Waals surface area contributed by atoms with Crippen molar-refractivity contribution in [3.05, 3.63) is 88.6 Å². The van der Waals surface area contributed by atoms with Gasteiger partial charge in [0.05, 0.1) is 24.7 Å². The number of esters is 1. The molecule has 8 nitrogen and oxygen atoms in total. The van der Waals surface area contributed by atoms with Crippen LogP contribution in [0, 0.1) is 0 Å². The summed E-state index contributed by atoms with van der Waals surface area (Å²) in [4.78, 5) is 38.7. The first kappa shape index (κ1) is 25.5. The number of fused-ring (bicyclic) bond motifs is 1. The topological polar surface area (TPSA) is 104 Å². The second-order valence-corrected chi connectivity index (χ2v) is 8.12. The van der Waals surface area contributed by atoms with Gasteiger partial charge in [-0.3, -0.25) is 9.59 Å². The van der Waals surface area contributed by atoms with Crippen molar-refractivity contribution in [3.63, 3.8) is 0 Å². The fourth-order valence-electron chi connectivity index (χ4n) is 3.79. The number of anilines is 1. The van der Waals surface area contributed by atoms with Crippen LogP contribution >= 0.6 is 0 Å². The van der Waals surface area contributed by atoms with E-state index in [0.717, 1.165) is 0 Å². The number of para-hydroxylation sites is 1. The first-order chi connectivity index (χ1) is 17.9. The van der Waals surface area contributed by atoms with Crippen molar-refractivity contribution in [3.8, 4) is 22.8 Å². The monoisotopic (exact) mass is 501 g/mol. The second kappa shape index (κ2) is 11.4. The summed E-state index contributed by atoms with van der Waals surface area (Å²) >= 11 is 0. The average Bonchev–Trinajstić information content (AvgIpc) is 2.93. The molecule has 190 valence electrons. The zero-order valence-corrected chi connectivity index (χ0v) is 20.8. The van der Waals surface area contributed by atoms with E-state index in [0.29, 0.717) is 33.5 Å². The summed E-state index contributed by atoms with van der Waals surface area (Å²) < 4.78 is 22.4. The first-order valence-electron chi connectivity index (χ1n) is 11.9. The van der Waals surface area contributed by atoms with Gasteiger partial charge >= 0.3 is 5.97 Å². The molecule has 0 fully saturated rings. The molecule has 0 saturated heterocycles. The Morgan fingerprint density at radius 3 is 2.43 bits per heavy atom. The van der Waals surface area contributed by atoms with Gasteiger partial charge in [-0.2, -0.15) is 0 Å². The molecule has 1 unspecified atom stereocenters. The molecular formula is C29H27NO7. The number of ether oxygens (including phenoxy) is 3. The summed E-state index contributed by atoms with van der Waals surface area (Å²) in [6, 6.07) is 20.3. The number of nitrogens with one attached hydrogen (secondary N) is 1. The Hall–Kier alpha value is -4.59. The number of methoxy groups -OCH3 is 1. The molecule has 1 atom stereocenters. The van der Waals surface area contributed by atoms with Gasteiger partial charge in [0.15, 0.2) is 11.9 Å². The SMILES string of the molecule is CCOC(=O)c1cccc(NC(=O)C(CC)Oc2c(-c3ccc(OC)cc3)oc3ccccc3c2=O)c1. The Bertz CT molecular complexity index is 1470. The van der Waals surface area contributed by atoms with E-state index in [1.54, 1.807) is 87.7 Å². The number of carbonyl (C=O) groups excluding carboxylic acids is 2. The highest BCUT2D eigenvalue weighted by atomic mass is 16.5. The van der Waals surface area contributed by atoms with Crippen LogP contribution in [0.4, 0.5) is 5.69 Å². The maximum Gasteiger partial charge on any atom is 0.338 e. The standard InChI is InChI=1S/C29H27NO7/c1-4-23(28(32)30-20-10-8-9-19(17-20)29(33)35-5-2)36-27-25(31)22-11-6-7-12-24(22)37-26(27)18-13-15-21(34-3)16-14-18/h6-17,23H,4-5H2,1-3H3,(H,30,32). The van der Waals surface area contributed by atoms with E-state index in [2.05, 4.69) is 5.32 Å². The molecule has 0 saturated carbocycles. The van der Waals surface area contributed by atoms with Gasteiger partial charge < -0.3 is 23.9 Å². The Kier molecular flexibility index (Phi) is 7.88. The second-order valence-electron chi connectivity index (χ2n) is 8.12. The highest BCUT2D eigenvalue weighted by Gasteiger charge is 2.25. The van der Waals surface area contributed by atoms with E-state index in [4.69, 9.17) is 18.6 Å². The third-order valence-corrected chi connectivity index (χ3v) is 5.67. The van der Waals surface area contributed by atoms with Crippen LogP contribution in [0.15, 0.2) is 82.0 Å². The Balaban J connectivity index is 1.68. The minimum absolute atomic E-state index is 0.0638. The molecular weight excluding hydrogens is 474 g/mol. The van der Waals surface area contributed by atoms with Gasteiger partial charge in [0.25, 0.3) is 5.91 Å². The normalized spacial score (nSPS) is 11.5. The number of rotatable bonds is 9. The van der Waals surface area contributed by atoms with Crippen LogP contribution in [-0.4, -0.2) is 31.7 Å². The molecule has 1 heterocycles. The molecule has 0 spiro atoms. The third-order valence-electron chi connectivity index (χ3n) is 5.67. The molecule has 3 aromatic carbocycles. The summed E-state index contributed by atoms with van der Waals surface area (Å²) in [5, 5.41) is 3.10. The molecule has 0 aliphatic rings. The van der Waals surface area contributed by atoms with E-state index in [1.165, 1.54) is 6.07 Å². The Morgan fingerprint density at radius 1 is 0.973 bits per heavy atom. The molecule has 4 rings (SSSR count). The zero-order valence-electron chi connectivity index (χ0n) is 20.8. The molecule has 0 aliphatic heterocycles. The van der Waals surface area contributed by atoms with Crippen LogP contribution < -0.4 is 20.2 Å². The summed E-state index contributed by atoms with van der Waals surface area (Å²) in [6.07, 6.45) is -0.732. The molecule has 1 amide bonds. The first-order valence-corrected chi connectivity index (χ1v) is 11.9. The van der Waals surface area contributed by atoms with Gasteiger partial charge in [-0.05, 0) is 67.9 Å². The Morgan fingerprint density at radius 2 is 1.73 bits per heavy atom. The van der Waals surface area contributed by atoms with E-state index in [1.807, 2.05) is 0 Å². The minimum atomic E-state index is -1.01. The van der Waals surface area contributed by atoms with Crippen LogP contribution in [-0.2, 0) is 9.53 Å². The van der Waals surface area contributed by atoms with Gasteiger partial charge in [-0.15, -0.1) is 0 Å². The van der Waals surface area contributed by atoms with E-state index in [-0.39, 0.29) is 30.0 Å². The molecule has 37 heavy (non-hydrogen) atoms. The quantitative estimate of drug-likeness (QED) is 0.305. The van der Waals surface area contributed by atoms with Gasteiger partial charge in [0.1, 0.15) is 11.3 Å². The number of carbonyl (C=O) groups is 2. The fraction of sp³-hybridized carbons (Fsp3) is 0.207. The maximum atomic E-state index is 13.5. The van der Waals surface area contributed by atoms with Gasteiger partial charge in [0.2, 0.25) is 11.2 Å². The molecule has 0 aliphatic carbocycles. The summed E-state index contributed by atoms with van der Waals surface area (Å²) in [5.74, 6) is -0.171. The van der Waals surface area contributed by atoms with Crippen molar-refractivity contribution in [2.24, 2.45) is 0 Å².